The molecule has 0 spiro atoms. The van der Waals surface area contributed by atoms with Gasteiger partial charge in [0.25, 0.3) is 5.91 Å². The van der Waals surface area contributed by atoms with Crippen LogP contribution in [-0.4, -0.2) is 73.6 Å². The first-order chi connectivity index (χ1) is 23.9. The van der Waals surface area contributed by atoms with Crippen molar-refractivity contribution in [2.24, 2.45) is 11.8 Å². The molecule has 8 nitrogen and oxygen atoms in total. The Morgan fingerprint density at radius 2 is 1.45 bits per heavy atom. The van der Waals surface area contributed by atoms with Gasteiger partial charge < -0.3 is 25.6 Å². The van der Waals surface area contributed by atoms with Crippen LogP contribution in [0.25, 0.3) is 11.1 Å². The molecule has 49 heavy (non-hydrogen) atoms. The van der Waals surface area contributed by atoms with Crippen LogP contribution in [0.3, 0.4) is 0 Å². The average molecular weight is 665 g/mol. The summed E-state index contributed by atoms with van der Waals surface area (Å²) in [5.74, 6) is 0.408. The zero-order chi connectivity index (χ0) is 34.1. The van der Waals surface area contributed by atoms with Gasteiger partial charge in [-0.15, -0.1) is 0 Å². The van der Waals surface area contributed by atoms with Gasteiger partial charge in [-0.1, -0.05) is 85.1 Å². The highest BCUT2D eigenvalue weighted by atomic mass is 16.5. The largest absolute Gasteiger partial charge is 0.381 e. The Morgan fingerprint density at radius 3 is 2.10 bits per heavy atom. The lowest BCUT2D eigenvalue weighted by molar-refractivity contribution is -0.132. The third-order valence-corrected chi connectivity index (χ3v) is 10.8. The topological polar surface area (TPSA) is 99.8 Å². The summed E-state index contributed by atoms with van der Waals surface area (Å²) in [6, 6.07) is 24.9. The van der Waals surface area contributed by atoms with Gasteiger partial charge >= 0.3 is 0 Å². The number of likely N-dealkylation sites (tertiary alicyclic amines) is 1. The number of nitrogens with one attached hydrogen (secondary N) is 3. The summed E-state index contributed by atoms with van der Waals surface area (Å²) in [6.07, 6.45) is 7.54. The summed E-state index contributed by atoms with van der Waals surface area (Å²) in [7, 11) is 0. The van der Waals surface area contributed by atoms with Crippen LogP contribution >= 0.6 is 0 Å². The highest BCUT2D eigenvalue weighted by Crippen LogP contribution is 2.31. The summed E-state index contributed by atoms with van der Waals surface area (Å²) >= 11 is 0. The predicted molar refractivity (Wildman–Crippen MR) is 193 cm³/mol. The van der Waals surface area contributed by atoms with E-state index >= 15 is 0 Å². The third kappa shape index (κ3) is 9.37. The number of piperidine rings is 1. The summed E-state index contributed by atoms with van der Waals surface area (Å²) < 4.78 is 5.53. The molecule has 3 N–H and O–H groups in total. The van der Waals surface area contributed by atoms with Crippen LogP contribution in [0.15, 0.2) is 78.9 Å². The molecule has 1 saturated carbocycles. The maximum Gasteiger partial charge on any atom is 0.252 e. The second-order valence-corrected chi connectivity index (χ2v) is 14.4. The van der Waals surface area contributed by atoms with E-state index in [2.05, 4.69) is 52.0 Å². The quantitative estimate of drug-likeness (QED) is 0.231. The summed E-state index contributed by atoms with van der Waals surface area (Å²) in [4.78, 5) is 44.0. The minimum Gasteiger partial charge on any atom is -0.381 e. The summed E-state index contributed by atoms with van der Waals surface area (Å²) in [5, 5.41) is 9.39. The highest BCUT2D eigenvalue weighted by molar-refractivity contribution is 6.00. The average Bonchev–Trinajstić information content (AvgIpc) is 3.62. The lowest BCUT2D eigenvalue weighted by Gasteiger charge is -2.35. The van der Waals surface area contributed by atoms with E-state index in [0.717, 1.165) is 94.0 Å². The Hall–Kier alpha value is -4.01. The minimum atomic E-state index is -1.06. The zero-order valence-corrected chi connectivity index (χ0v) is 28.9. The van der Waals surface area contributed by atoms with Crippen molar-refractivity contribution in [3.05, 3.63) is 95.6 Å². The van der Waals surface area contributed by atoms with Crippen molar-refractivity contribution in [2.45, 2.75) is 76.3 Å². The second kappa shape index (κ2) is 16.6. The van der Waals surface area contributed by atoms with Gasteiger partial charge in [0.15, 0.2) is 0 Å². The molecule has 260 valence electrons. The standard InChI is InChI=1S/C41H52N4O4/c1-30-9-11-34(12-10-30)35-13-15-36(16-14-35)38(46)44-41(21-5-6-22-41)40(48)43-37(27-31-7-3-2-4-8-31)39(47)42-28-32-17-23-45(24-18-32)29-33-19-25-49-26-20-33/h2-4,7-16,32-33,37H,5-6,17-29H2,1H3,(H,42,47)(H,43,48)(H,44,46)/t37-/m1/s1. The Labute approximate surface area is 291 Å². The van der Waals surface area contributed by atoms with E-state index in [9.17, 15) is 14.4 Å². The zero-order valence-electron chi connectivity index (χ0n) is 28.9. The van der Waals surface area contributed by atoms with Gasteiger partial charge in [-0.3, -0.25) is 14.4 Å². The number of amides is 3. The fourth-order valence-corrected chi connectivity index (χ4v) is 7.63. The molecule has 0 aromatic heterocycles. The van der Waals surface area contributed by atoms with Crippen LogP contribution in [0.5, 0.6) is 0 Å². The normalized spacial score (nSPS) is 19.2. The number of hydrogen-bond acceptors (Lipinski definition) is 5. The first kappa shape index (κ1) is 34.8. The van der Waals surface area contributed by atoms with E-state index in [4.69, 9.17) is 4.74 Å². The fraction of sp³-hybridized carbons (Fsp3) is 0.488. The number of carbonyl (C=O) groups excluding carboxylic acids is 3. The molecule has 0 unspecified atom stereocenters. The molecule has 0 radical (unpaired) electrons. The SMILES string of the molecule is Cc1ccc(-c2ccc(C(=O)NC3(C(=O)N[C@H](Cc4ccccc4)C(=O)NCC4CCN(CC5CCOCC5)CC4)CCCC3)cc2)cc1. The molecule has 3 aliphatic rings. The van der Waals surface area contributed by atoms with Gasteiger partial charge in [0, 0.05) is 38.3 Å². The van der Waals surface area contributed by atoms with E-state index in [1.54, 1.807) is 0 Å². The van der Waals surface area contributed by atoms with Crippen molar-refractivity contribution in [1.29, 1.82) is 0 Å². The number of nitrogens with zero attached hydrogens (tertiary/aromatic N) is 1. The molecule has 0 bridgehead atoms. The maximum absolute atomic E-state index is 14.1. The van der Waals surface area contributed by atoms with Gasteiger partial charge in [-0.2, -0.15) is 0 Å². The second-order valence-electron chi connectivity index (χ2n) is 14.4. The maximum atomic E-state index is 14.1. The first-order valence-electron chi connectivity index (χ1n) is 18.3. The van der Waals surface area contributed by atoms with Gasteiger partial charge in [-0.05, 0) is 99.2 Å². The van der Waals surface area contributed by atoms with Gasteiger partial charge in [0.05, 0.1) is 0 Å². The van der Waals surface area contributed by atoms with Crippen LogP contribution in [-0.2, 0) is 20.7 Å². The predicted octanol–water partition coefficient (Wildman–Crippen LogP) is 5.69. The molecular formula is C41H52N4O4. The molecule has 3 aromatic carbocycles. The summed E-state index contributed by atoms with van der Waals surface area (Å²) in [6.45, 7) is 7.67. The number of benzene rings is 3. The van der Waals surface area contributed by atoms with Gasteiger partial charge in [0.1, 0.15) is 11.6 Å². The van der Waals surface area contributed by atoms with Crippen LogP contribution in [0.4, 0.5) is 0 Å². The lowest BCUT2D eigenvalue weighted by atomic mass is 9.93. The van der Waals surface area contributed by atoms with Crippen molar-refractivity contribution in [1.82, 2.24) is 20.9 Å². The number of carbonyl (C=O) groups is 3. The Bertz CT molecular complexity index is 1520. The Balaban J connectivity index is 1.07. The lowest BCUT2D eigenvalue weighted by Crippen LogP contribution is -2.61. The van der Waals surface area contributed by atoms with Crippen LogP contribution in [0.1, 0.15) is 72.9 Å². The highest BCUT2D eigenvalue weighted by Gasteiger charge is 2.44. The van der Waals surface area contributed by atoms with Crippen molar-refractivity contribution >= 4 is 17.7 Å². The molecule has 3 fully saturated rings. The summed E-state index contributed by atoms with van der Waals surface area (Å²) in [5.41, 5.74) is 3.73. The smallest absolute Gasteiger partial charge is 0.252 e. The molecule has 2 heterocycles. The monoisotopic (exact) mass is 664 g/mol. The van der Waals surface area contributed by atoms with E-state index in [-0.39, 0.29) is 17.7 Å². The molecular weight excluding hydrogens is 612 g/mol. The number of aryl methyl sites for hydroxylation is 1. The van der Waals surface area contributed by atoms with Gasteiger partial charge in [-0.25, -0.2) is 0 Å². The number of rotatable bonds is 12. The fourth-order valence-electron chi connectivity index (χ4n) is 7.63. The van der Waals surface area contributed by atoms with E-state index < -0.39 is 11.6 Å². The minimum absolute atomic E-state index is 0.173. The molecule has 6 rings (SSSR count). The van der Waals surface area contributed by atoms with Crippen molar-refractivity contribution in [3.63, 3.8) is 0 Å². The molecule has 8 heteroatoms. The van der Waals surface area contributed by atoms with Crippen LogP contribution < -0.4 is 16.0 Å². The molecule has 3 aromatic rings. The molecule has 1 aliphatic carbocycles. The van der Waals surface area contributed by atoms with E-state index in [1.807, 2.05) is 54.6 Å². The molecule has 3 amide bonds. The van der Waals surface area contributed by atoms with Crippen molar-refractivity contribution in [2.75, 3.05) is 39.4 Å². The van der Waals surface area contributed by atoms with Crippen molar-refractivity contribution < 1.29 is 19.1 Å². The number of ether oxygens (including phenoxy) is 1. The van der Waals surface area contributed by atoms with Crippen LogP contribution in [0.2, 0.25) is 0 Å². The third-order valence-electron chi connectivity index (χ3n) is 10.8. The first-order valence-corrected chi connectivity index (χ1v) is 18.3. The van der Waals surface area contributed by atoms with Gasteiger partial charge in [0.2, 0.25) is 11.8 Å². The molecule has 2 aliphatic heterocycles. The van der Waals surface area contributed by atoms with Crippen molar-refractivity contribution in [3.8, 4) is 11.1 Å². The number of hydrogen-bond donors (Lipinski definition) is 3. The Morgan fingerprint density at radius 1 is 0.816 bits per heavy atom. The molecule has 1 atom stereocenters. The van der Waals surface area contributed by atoms with E-state index in [1.165, 1.54) is 5.56 Å². The molecule has 2 saturated heterocycles. The van der Waals surface area contributed by atoms with Crippen LogP contribution in [0, 0.1) is 18.8 Å². The Kier molecular flexibility index (Phi) is 11.8. The van der Waals surface area contributed by atoms with E-state index in [0.29, 0.717) is 37.3 Å².